The third kappa shape index (κ3) is 4.11. The summed E-state index contributed by atoms with van der Waals surface area (Å²) in [6.07, 6.45) is 11.2. The second-order valence-electron chi connectivity index (χ2n) is 12.3. The zero-order valence-corrected chi connectivity index (χ0v) is 23.3. The molecule has 0 amide bonds. The lowest BCUT2D eigenvalue weighted by Gasteiger charge is -2.34. The average Bonchev–Trinajstić information content (AvgIpc) is 3.65. The van der Waals surface area contributed by atoms with Crippen molar-refractivity contribution in [3.05, 3.63) is 54.0 Å². The summed E-state index contributed by atoms with van der Waals surface area (Å²) in [6.45, 7) is 3.11. The monoisotopic (exact) mass is 566 g/mol. The molecule has 6 heterocycles. The lowest BCUT2D eigenvalue weighted by atomic mass is 9.95. The maximum Gasteiger partial charge on any atom is 0.319 e. The highest BCUT2D eigenvalue weighted by Crippen LogP contribution is 2.41. The summed E-state index contributed by atoms with van der Waals surface area (Å²) >= 11 is 0. The van der Waals surface area contributed by atoms with Crippen LogP contribution in [-0.2, 0) is 0 Å². The largest absolute Gasteiger partial charge is 0.461 e. The number of alkyl halides is 1. The van der Waals surface area contributed by atoms with E-state index in [1.165, 1.54) is 0 Å². The number of anilines is 1. The molecule has 4 aromatic rings. The quantitative estimate of drug-likeness (QED) is 0.346. The highest BCUT2D eigenvalue weighted by Gasteiger charge is 2.49. The Morgan fingerprint density at radius 1 is 1.10 bits per heavy atom. The molecule has 0 aliphatic carbocycles. The molecule has 1 N–H and O–H groups in total. The molecule has 9 heteroatoms. The van der Waals surface area contributed by atoms with Gasteiger partial charge >= 0.3 is 6.01 Å². The first kappa shape index (κ1) is 25.8. The second-order valence-corrected chi connectivity index (χ2v) is 12.3. The third-order valence-electron chi connectivity index (χ3n) is 9.71. The van der Waals surface area contributed by atoms with Gasteiger partial charge in [0, 0.05) is 60.8 Å². The van der Waals surface area contributed by atoms with Crippen molar-refractivity contribution < 1.29 is 13.5 Å². The van der Waals surface area contributed by atoms with Crippen LogP contribution in [0, 0.1) is 18.2 Å². The SMILES string of the molecule is C#Cc1cccc2cccc(-c3ncc4c(N5CC6CCC(C5)N6)nc(OCC56CCCN5C[C@@H](F)C6)nc4c3F)c12. The molecule has 4 atom stereocenters. The van der Waals surface area contributed by atoms with E-state index in [4.69, 9.17) is 16.1 Å². The van der Waals surface area contributed by atoms with E-state index in [9.17, 15) is 4.39 Å². The number of ether oxygens (including phenoxy) is 1. The number of rotatable bonds is 5. The van der Waals surface area contributed by atoms with Crippen LogP contribution in [0.25, 0.3) is 32.9 Å². The number of fused-ring (bicyclic) bond motifs is 5. The fourth-order valence-corrected chi connectivity index (χ4v) is 7.79. The molecule has 3 unspecified atom stereocenters. The highest BCUT2D eigenvalue weighted by molar-refractivity contribution is 6.02. The molecule has 214 valence electrons. The number of piperazine rings is 1. The zero-order valence-electron chi connectivity index (χ0n) is 23.3. The van der Waals surface area contributed by atoms with Gasteiger partial charge < -0.3 is 15.0 Å². The minimum Gasteiger partial charge on any atom is -0.461 e. The van der Waals surface area contributed by atoms with Crippen molar-refractivity contribution in [2.75, 3.05) is 37.7 Å². The summed E-state index contributed by atoms with van der Waals surface area (Å²) in [5.74, 6) is 2.83. The van der Waals surface area contributed by atoms with Gasteiger partial charge in [-0.15, -0.1) is 6.42 Å². The number of hydrogen-bond donors (Lipinski definition) is 1. The van der Waals surface area contributed by atoms with Crippen molar-refractivity contribution in [1.82, 2.24) is 25.2 Å². The molecule has 0 radical (unpaired) electrons. The van der Waals surface area contributed by atoms with Gasteiger partial charge in [0.1, 0.15) is 29.8 Å². The number of benzene rings is 2. The first-order chi connectivity index (χ1) is 20.5. The molecule has 0 spiro atoms. The number of terminal acetylenes is 1. The maximum absolute atomic E-state index is 16.7. The molecule has 0 saturated carbocycles. The van der Waals surface area contributed by atoms with Gasteiger partial charge in [-0.25, -0.2) is 8.78 Å². The van der Waals surface area contributed by atoms with Gasteiger partial charge in [-0.05, 0) is 43.7 Å². The van der Waals surface area contributed by atoms with Crippen LogP contribution in [0.15, 0.2) is 42.6 Å². The molecule has 4 fully saturated rings. The molecule has 8 rings (SSSR count). The van der Waals surface area contributed by atoms with Crippen LogP contribution in [0.4, 0.5) is 14.6 Å². The van der Waals surface area contributed by atoms with E-state index in [1.54, 1.807) is 6.20 Å². The molecule has 7 nitrogen and oxygen atoms in total. The van der Waals surface area contributed by atoms with E-state index < -0.39 is 12.0 Å². The molecule has 4 aliphatic heterocycles. The summed E-state index contributed by atoms with van der Waals surface area (Å²) < 4.78 is 37.4. The van der Waals surface area contributed by atoms with Crippen molar-refractivity contribution in [2.45, 2.75) is 55.9 Å². The number of nitrogens with zero attached hydrogens (tertiary/aromatic N) is 5. The van der Waals surface area contributed by atoms with E-state index in [2.05, 4.69) is 31.0 Å². The van der Waals surface area contributed by atoms with E-state index in [0.29, 0.717) is 47.4 Å². The Labute approximate surface area is 243 Å². The molecule has 2 bridgehead atoms. The van der Waals surface area contributed by atoms with E-state index in [1.807, 2.05) is 36.4 Å². The molecule has 4 aliphatic rings. The first-order valence-corrected chi connectivity index (χ1v) is 14.9. The van der Waals surface area contributed by atoms with Gasteiger partial charge in [0.15, 0.2) is 5.82 Å². The normalized spacial score (nSPS) is 27.1. The molecular formula is C33H32F2N6O. The average molecular weight is 567 g/mol. The van der Waals surface area contributed by atoms with Crippen LogP contribution in [0.2, 0.25) is 0 Å². The zero-order chi connectivity index (χ0) is 28.4. The second kappa shape index (κ2) is 9.85. The van der Waals surface area contributed by atoms with Crippen LogP contribution in [0.5, 0.6) is 6.01 Å². The van der Waals surface area contributed by atoms with E-state index in [-0.39, 0.29) is 29.4 Å². The van der Waals surface area contributed by atoms with Crippen molar-refractivity contribution >= 4 is 27.5 Å². The summed E-state index contributed by atoms with van der Waals surface area (Å²) in [7, 11) is 0. The lowest BCUT2D eigenvalue weighted by Crippen LogP contribution is -2.51. The topological polar surface area (TPSA) is 66.4 Å². The lowest BCUT2D eigenvalue weighted by molar-refractivity contribution is 0.107. The van der Waals surface area contributed by atoms with Crippen molar-refractivity contribution in [3.8, 4) is 29.6 Å². The number of hydrogen-bond acceptors (Lipinski definition) is 7. The van der Waals surface area contributed by atoms with Crippen LogP contribution in [-0.4, -0.2) is 76.4 Å². The molecular weight excluding hydrogens is 534 g/mol. The van der Waals surface area contributed by atoms with Gasteiger partial charge in [-0.2, -0.15) is 9.97 Å². The van der Waals surface area contributed by atoms with Gasteiger partial charge in [-0.3, -0.25) is 9.88 Å². The molecule has 2 aromatic carbocycles. The Hall–Kier alpha value is -3.87. The number of pyridine rings is 1. The Kier molecular flexibility index (Phi) is 6.06. The van der Waals surface area contributed by atoms with Crippen LogP contribution in [0.1, 0.15) is 37.7 Å². The first-order valence-electron chi connectivity index (χ1n) is 14.9. The minimum atomic E-state index is -0.863. The standard InChI is InChI=1S/C33H32F2N6O/c1-2-20-6-3-7-21-8-4-9-25(27(20)21)29-28(35)30-26(15-36-29)31(40-17-23-10-11-24(18-40)37-23)39-32(38-30)42-19-33-12-5-13-41(33)16-22(34)14-33/h1,3-4,6-9,15,22-24,37H,5,10-14,16-19H2/t22-,23?,24?,33?/m0/s1. The van der Waals surface area contributed by atoms with Gasteiger partial charge in [-0.1, -0.05) is 36.3 Å². The van der Waals surface area contributed by atoms with Crippen LogP contribution in [0.3, 0.4) is 0 Å². The highest BCUT2D eigenvalue weighted by atomic mass is 19.1. The fraction of sp³-hybridized carbons (Fsp3) is 0.424. The van der Waals surface area contributed by atoms with Crippen LogP contribution < -0.4 is 15.0 Å². The Balaban J connectivity index is 1.25. The number of nitrogens with one attached hydrogen (secondary N) is 1. The van der Waals surface area contributed by atoms with E-state index in [0.717, 1.165) is 56.1 Å². The third-order valence-corrected chi connectivity index (χ3v) is 9.71. The molecule has 4 saturated heterocycles. The predicted octanol–water partition coefficient (Wildman–Crippen LogP) is 4.86. The molecule has 42 heavy (non-hydrogen) atoms. The maximum atomic E-state index is 16.7. The van der Waals surface area contributed by atoms with Crippen LogP contribution >= 0.6 is 0 Å². The Bertz CT molecular complexity index is 1740. The van der Waals surface area contributed by atoms with Crippen molar-refractivity contribution in [1.29, 1.82) is 0 Å². The van der Waals surface area contributed by atoms with E-state index >= 15 is 4.39 Å². The van der Waals surface area contributed by atoms with Gasteiger partial charge in [0.05, 0.1) is 10.9 Å². The number of halogens is 2. The fourth-order valence-electron chi connectivity index (χ4n) is 7.79. The van der Waals surface area contributed by atoms with Crippen molar-refractivity contribution in [3.63, 3.8) is 0 Å². The summed E-state index contributed by atoms with van der Waals surface area (Å²) in [5.41, 5.74) is 1.28. The Morgan fingerprint density at radius 2 is 1.90 bits per heavy atom. The predicted molar refractivity (Wildman–Crippen MR) is 159 cm³/mol. The minimum absolute atomic E-state index is 0.116. The van der Waals surface area contributed by atoms with Gasteiger partial charge in [0.2, 0.25) is 0 Å². The van der Waals surface area contributed by atoms with Crippen molar-refractivity contribution in [2.24, 2.45) is 0 Å². The summed E-state index contributed by atoms with van der Waals surface area (Å²) in [6, 6.07) is 12.2. The smallest absolute Gasteiger partial charge is 0.319 e. The summed E-state index contributed by atoms with van der Waals surface area (Å²) in [4.78, 5) is 18.5. The van der Waals surface area contributed by atoms with Gasteiger partial charge in [0.25, 0.3) is 0 Å². The number of aromatic nitrogens is 3. The Morgan fingerprint density at radius 3 is 2.71 bits per heavy atom. The molecule has 2 aromatic heterocycles. The summed E-state index contributed by atoms with van der Waals surface area (Å²) in [5, 5.41) is 5.89.